The molecule has 0 amide bonds. The second kappa shape index (κ2) is 9.85. The Morgan fingerprint density at radius 2 is 0.865 bits per heavy atom. The molecule has 37 heavy (non-hydrogen) atoms. The number of hydrogen-bond acceptors (Lipinski definition) is 4. The van der Waals surface area contributed by atoms with E-state index in [-0.39, 0.29) is 0 Å². The summed E-state index contributed by atoms with van der Waals surface area (Å²) >= 11 is 0. The molecule has 0 heterocycles. The van der Waals surface area contributed by atoms with E-state index in [0.29, 0.717) is 0 Å². The van der Waals surface area contributed by atoms with E-state index in [0.717, 1.165) is 93.1 Å². The Morgan fingerprint density at radius 1 is 0.541 bits per heavy atom. The molecule has 0 atom stereocenters. The molecule has 5 rings (SSSR count). The van der Waals surface area contributed by atoms with Crippen LogP contribution in [0.15, 0.2) is 72.8 Å². The monoisotopic (exact) mass is 492 g/mol. The lowest BCUT2D eigenvalue weighted by molar-refractivity contribution is -0.0807. The molecule has 0 aromatic heterocycles. The Morgan fingerprint density at radius 3 is 1.19 bits per heavy atom. The Bertz CT molecular complexity index is 1300. The molecule has 4 N–H and O–H groups in total. The molecule has 4 heteroatoms. The average molecular weight is 493 g/mol. The molecule has 0 aliphatic heterocycles. The summed E-state index contributed by atoms with van der Waals surface area (Å²) in [6.07, 6.45) is 3.31. The zero-order valence-electron chi connectivity index (χ0n) is 22.2. The number of anilines is 2. The summed E-state index contributed by atoms with van der Waals surface area (Å²) in [5.41, 5.74) is 23.2. The van der Waals surface area contributed by atoms with Crippen LogP contribution < -0.4 is 20.9 Å². The quantitative estimate of drug-likeness (QED) is 0.198. The fraction of sp³-hybridized carbons (Fsp3) is 0.273. The highest BCUT2D eigenvalue weighted by atomic mass is 16.7. The number of benzene rings is 4. The van der Waals surface area contributed by atoms with E-state index in [1.165, 1.54) is 0 Å². The summed E-state index contributed by atoms with van der Waals surface area (Å²) in [6, 6.07) is 24.9. The highest BCUT2D eigenvalue weighted by Gasteiger charge is 2.48. The van der Waals surface area contributed by atoms with Crippen LogP contribution in [0, 0.1) is 0 Å². The summed E-state index contributed by atoms with van der Waals surface area (Å²) in [5, 5.41) is 0. The van der Waals surface area contributed by atoms with Crippen molar-refractivity contribution >= 4 is 11.4 Å². The van der Waals surface area contributed by atoms with Gasteiger partial charge in [0.15, 0.2) is 0 Å². The maximum atomic E-state index is 7.03. The first kappa shape index (κ1) is 24.8. The topological polar surface area (TPSA) is 70.5 Å². The van der Waals surface area contributed by atoms with Gasteiger partial charge in [-0.05, 0) is 83.3 Å². The van der Waals surface area contributed by atoms with Gasteiger partial charge in [0, 0.05) is 22.5 Å². The Kier molecular flexibility index (Phi) is 6.59. The van der Waals surface area contributed by atoms with Crippen LogP contribution in [0.1, 0.15) is 61.1 Å². The Labute approximate surface area is 220 Å². The lowest BCUT2D eigenvalue weighted by atomic mass is 10.00. The van der Waals surface area contributed by atoms with Crippen molar-refractivity contribution in [1.29, 1.82) is 0 Å². The van der Waals surface area contributed by atoms with E-state index in [4.69, 9.17) is 20.9 Å². The van der Waals surface area contributed by atoms with E-state index < -0.39 is 5.79 Å². The summed E-state index contributed by atoms with van der Waals surface area (Å²) in [7, 11) is 0. The molecule has 0 fully saturated rings. The summed E-state index contributed by atoms with van der Waals surface area (Å²) in [5.74, 6) is 0.332. The predicted molar refractivity (Wildman–Crippen MR) is 153 cm³/mol. The van der Waals surface area contributed by atoms with Crippen molar-refractivity contribution in [3.63, 3.8) is 0 Å². The highest BCUT2D eigenvalue weighted by molar-refractivity contribution is 5.80. The second-order valence-electron chi connectivity index (χ2n) is 9.64. The van der Waals surface area contributed by atoms with E-state index in [2.05, 4.69) is 88.4 Å². The van der Waals surface area contributed by atoms with Gasteiger partial charge in [-0.2, -0.15) is 0 Å². The van der Waals surface area contributed by atoms with Gasteiger partial charge in [-0.3, -0.25) is 0 Å². The van der Waals surface area contributed by atoms with Gasteiger partial charge in [-0.25, -0.2) is 0 Å². The van der Waals surface area contributed by atoms with Crippen LogP contribution in [0.2, 0.25) is 0 Å². The van der Waals surface area contributed by atoms with Gasteiger partial charge in [0.2, 0.25) is 0 Å². The van der Waals surface area contributed by atoms with Crippen LogP contribution in [0.4, 0.5) is 11.4 Å². The Hall–Kier alpha value is -3.92. The van der Waals surface area contributed by atoms with Crippen molar-refractivity contribution in [1.82, 2.24) is 0 Å². The van der Waals surface area contributed by atoms with Crippen molar-refractivity contribution in [3.05, 3.63) is 106 Å². The molecule has 4 nitrogen and oxygen atoms in total. The van der Waals surface area contributed by atoms with Gasteiger partial charge in [0.05, 0.1) is 0 Å². The summed E-state index contributed by atoms with van der Waals surface area (Å²) in [4.78, 5) is 0. The molecule has 0 unspecified atom stereocenters. The highest BCUT2D eigenvalue weighted by Crippen LogP contribution is 2.51. The minimum atomic E-state index is -1.16. The van der Waals surface area contributed by atoms with Crippen LogP contribution in [-0.4, -0.2) is 0 Å². The third kappa shape index (κ3) is 4.11. The number of hydrogen-bond donors (Lipinski definition) is 2. The van der Waals surface area contributed by atoms with Gasteiger partial charge in [-0.1, -0.05) is 76.2 Å². The SMILES string of the molecule is CCc1cc(OC2(Oc3cc(CC)c(N)c(CC)c3)c3ccccc3-c3ccccc32)cc(CC)c1N. The maximum absolute atomic E-state index is 7.03. The third-order valence-corrected chi connectivity index (χ3v) is 7.55. The first-order valence-electron chi connectivity index (χ1n) is 13.4. The fourth-order valence-electron chi connectivity index (χ4n) is 5.51. The largest absolute Gasteiger partial charge is 0.444 e. The number of aryl methyl sites for hydroxylation is 4. The maximum Gasteiger partial charge on any atom is 0.306 e. The van der Waals surface area contributed by atoms with E-state index in [1.54, 1.807) is 0 Å². The molecular formula is C33H36N2O2. The standard InChI is InChI=1S/C33H36N2O2/c1-5-21-17-25(18-22(6-2)31(21)34)36-33(37-26-19-23(7-3)32(35)24(8-4)20-26)29-15-11-9-13-27(29)28-14-10-12-16-30(28)33/h9-20H,5-8,34-35H2,1-4H3. The summed E-state index contributed by atoms with van der Waals surface area (Å²) < 4.78 is 14.1. The number of rotatable bonds is 8. The van der Waals surface area contributed by atoms with Crippen LogP contribution in [0.5, 0.6) is 11.5 Å². The van der Waals surface area contributed by atoms with Gasteiger partial charge in [0.1, 0.15) is 11.5 Å². The molecule has 0 bridgehead atoms. The molecule has 0 radical (unpaired) electrons. The fourth-order valence-corrected chi connectivity index (χ4v) is 5.51. The van der Waals surface area contributed by atoms with Crippen molar-refractivity contribution in [2.24, 2.45) is 0 Å². The van der Waals surface area contributed by atoms with Crippen molar-refractivity contribution in [2.75, 3.05) is 11.5 Å². The number of nitrogen functional groups attached to an aromatic ring is 2. The van der Waals surface area contributed by atoms with E-state index in [1.807, 2.05) is 12.1 Å². The van der Waals surface area contributed by atoms with Gasteiger partial charge >= 0.3 is 5.79 Å². The van der Waals surface area contributed by atoms with Gasteiger partial charge in [0.25, 0.3) is 0 Å². The molecule has 0 saturated heterocycles. The van der Waals surface area contributed by atoms with Crippen LogP contribution in [0.25, 0.3) is 11.1 Å². The molecule has 0 saturated carbocycles. The number of ether oxygens (including phenoxy) is 2. The lowest BCUT2D eigenvalue weighted by Crippen LogP contribution is -2.39. The first-order chi connectivity index (χ1) is 17.9. The Balaban J connectivity index is 1.75. The van der Waals surface area contributed by atoms with E-state index in [9.17, 15) is 0 Å². The van der Waals surface area contributed by atoms with Gasteiger partial charge in [-0.15, -0.1) is 0 Å². The molecule has 4 aromatic rings. The van der Waals surface area contributed by atoms with Crippen molar-refractivity contribution in [2.45, 2.75) is 59.2 Å². The summed E-state index contributed by atoms with van der Waals surface area (Å²) in [6.45, 7) is 8.48. The molecule has 0 spiro atoms. The number of fused-ring (bicyclic) bond motifs is 3. The molecule has 1 aliphatic carbocycles. The average Bonchev–Trinajstić information content (AvgIpc) is 3.20. The number of nitrogens with two attached hydrogens (primary N) is 2. The van der Waals surface area contributed by atoms with Crippen molar-refractivity contribution < 1.29 is 9.47 Å². The third-order valence-electron chi connectivity index (χ3n) is 7.55. The second-order valence-corrected chi connectivity index (χ2v) is 9.64. The normalized spacial score (nSPS) is 13.2. The van der Waals surface area contributed by atoms with Crippen LogP contribution in [-0.2, 0) is 31.5 Å². The minimum Gasteiger partial charge on any atom is -0.444 e. The zero-order chi connectivity index (χ0) is 26.2. The first-order valence-corrected chi connectivity index (χ1v) is 13.4. The van der Waals surface area contributed by atoms with Gasteiger partial charge < -0.3 is 20.9 Å². The van der Waals surface area contributed by atoms with Crippen molar-refractivity contribution in [3.8, 4) is 22.6 Å². The zero-order valence-corrected chi connectivity index (χ0v) is 22.2. The van der Waals surface area contributed by atoms with Crippen LogP contribution in [0.3, 0.4) is 0 Å². The van der Waals surface area contributed by atoms with E-state index >= 15 is 0 Å². The predicted octanol–water partition coefficient (Wildman–Crippen LogP) is 7.44. The molecule has 190 valence electrons. The molecule has 4 aromatic carbocycles. The molecule has 1 aliphatic rings. The minimum absolute atomic E-state index is 0.747. The smallest absolute Gasteiger partial charge is 0.306 e. The lowest BCUT2D eigenvalue weighted by Gasteiger charge is -2.34. The molecular weight excluding hydrogens is 456 g/mol. The van der Waals surface area contributed by atoms with Crippen LogP contribution >= 0.6 is 0 Å².